The van der Waals surface area contributed by atoms with E-state index in [1.807, 2.05) is 6.92 Å². The first-order chi connectivity index (χ1) is 6.40. The molecule has 4 nitrogen and oxygen atoms in total. The fourth-order valence-corrected chi connectivity index (χ4v) is 1.37. The Morgan fingerprint density at radius 1 is 1.43 bits per heavy atom. The van der Waals surface area contributed by atoms with Crippen molar-refractivity contribution >= 4 is 11.8 Å². The van der Waals surface area contributed by atoms with Crippen molar-refractivity contribution in [1.29, 1.82) is 0 Å². The molecule has 2 amide bonds. The van der Waals surface area contributed by atoms with Crippen LogP contribution >= 0.6 is 0 Å². The van der Waals surface area contributed by atoms with Crippen molar-refractivity contribution in [1.82, 2.24) is 4.90 Å². The fourth-order valence-electron chi connectivity index (χ4n) is 1.37. The second kappa shape index (κ2) is 3.53. The lowest BCUT2D eigenvalue weighted by Crippen LogP contribution is -2.51. The molecule has 1 aliphatic rings. The van der Waals surface area contributed by atoms with Crippen LogP contribution < -0.4 is 0 Å². The number of carbonyl (C=O) groups excluding carboxylic acids is 2. The zero-order chi connectivity index (χ0) is 10.9. The predicted molar refractivity (Wildman–Crippen MR) is 51.4 cm³/mol. The van der Waals surface area contributed by atoms with Gasteiger partial charge in [0, 0.05) is 12.2 Å². The van der Waals surface area contributed by atoms with E-state index >= 15 is 0 Å². The molecule has 0 aromatic heterocycles. The van der Waals surface area contributed by atoms with Crippen LogP contribution in [0.15, 0.2) is 12.2 Å². The minimum atomic E-state index is -1.03. The molecule has 14 heavy (non-hydrogen) atoms. The molecule has 0 saturated heterocycles. The molecule has 1 aliphatic heterocycles. The molecule has 0 spiro atoms. The molecule has 1 rings (SSSR count). The van der Waals surface area contributed by atoms with Gasteiger partial charge >= 0.3 is 0 Å². The van der Waals surface area contributed by atoms with Crippen molar-refractivity contribution in [2.45, 2.75) is 38.8 Å². The van der Waals surface area contributed by atoms with Gasteiger partial charge in [0.1, 0.15) is 0 Å². The molecule has 4 heteroatoms. The number of hydrogen-bond donors (Lipinski definition) is 1. The molecule has 0 saturated carbocycles. The third-order valence-corrected chi connectivity index (χ3v) is 2.85. The molecule has 0 fully saturated rings. The Balaban J connectivity index is 2.85. The molecule has 0 aliphatic carbocycles. The second-order valence-electron chi connectivity index (χ2n) is 3.77. The van der Waals surface area contributed by atoms with Crippen molar-refractivity contribution < 1.29 is 14.7 Å². The van der Waals surface area contributed by atoms with E-state index in [-0.39, 0.29) is 11.8 Å². The van der Waals surface area contributed by atoms with Gasteiger partial charge in [-0.2, -0.15) is 0 Å². The van der Waals surface area contributed by atoms with Crippen LogP contribution in [-0.4, -0.2) is 33.5 Å². The Morgan fingerprint density at radius 3 is 2.21 bits per heavy atom. The Bertz CT molecular complexity index is 276. The quantitative estimate of drug-likeness (QED) is 0.669. The van der Waals surface area contributed by atoms with Gasteiger partial charge < -0.3 is 5.11 Å². The van der Waals surface area contributed by atoms with Gasteiger partial charge in [-0.1, -0.05) is 6.92 Å². The summed E-state index contributed by atoms with van der Waals surface area (Å²) in [6.45, 7) is 5.11. The van der Waals surface area contributed by atoms with Crippen LogP contribution in [-0.2, 0) is 9.59 Å². The van der Waals surface area contributed by atoms with Crippen molar-refractivity contribution in [3.63, 3.8) is 0 Å². The molecule has 0 aromatic rings. The number of carbonyl (C=O) groups is 2. The van der Waals surface area contributed by atoms with Crippen molar-refractivity contribution in [2.24, 2.45) is 0 Å². The zero-order valence-electron chi connectivity index (χ0n) is 8.65. The molecule has 0 radical (unpaired) electrons. The predicted octanol–water partition coefficient (Wildman–Crippen LogP) is 0.461. The highest BCUT2D eigenvalue weighted by Crippen LogP contribution is 2.22. The Kier molecular flexibility index (Phi) is 2.76. The first-order valence-corrected chi connectivity index (χ1v) is 4.67. The summed E-state index contributed by atoms with van der Waals surface area (Å²) in [7, 11) is 0. The van der Waals surface area contributed by atoms with E-state index in [4.69, 9.17) is 0 Å². The van der Waals surface area contributed by atoms with Crippen LogP contribution in [0.25, 0.3) is 0 Å². The minimum absolute atomic E-state index is 0.351. The van der Waals surface area contributed by atoms with E-state index in [2.05, 4.69) is 0 Å². The molecule has 1 N–H and O–H groups in total. The molecular weight excluding hydrogens is 182 g/mol. The molecule has 2 unspecified atom stereocenters. The average Bonchev–Trinajstić information content (AvgIpc) is 2.45. The summed E-state index contributed by atoms with van der Waals surface area (Å²) < 4.78 is 0. The smallest absolute Gasteiger partial charge is 0.253 e. The summed E-state index contributed by atoms with van der Waals surface area (Å²) in [6, 6.07) is -0.498. The van der Waals surface area contributed by atoms with Crippen LogP contribution in [0, 0.1) is 0 Å². The maximum Gasteiger partial charge on any atom is 0.253 e. The number of amides is 2. The Hall–Kier alpha value is -1.16. The highest BCUT2D eigenvalue weighted by Gasteiger charge is 2.38. The highest BCUT2D eigenvalue weighted by atomic mass is 16.3. The van der Waals surface area contributed by atoms with Crippen LogP contribution in [0.1, 0.15) is 27.2 Å². The van der Waals surface area contributed by atoms with Crippen LogP contribution in [0.2, 0.25) is 0 Å². The topological polar surface area (TPSA) is 57.6 Å². The van der Waals surface area contributed by atoms with Crippen molar-refractivity contribution in [3.8, 4) is 0 Å². The first kappa shape index (κ1) is 10.9. The minimum Gasteiger partial charge on any atom is -0.388 e. The number of aliphatic hydroxyl groups is 1. The van der Waals surface area contributed by atoms with Gasteiger partial charge in [-0.15, -0.1) is 0 Å². The molecule has 1 heterocycles. The second-order valence-corrected chi connectivity index (χ2v) is 3.77. The van der Waals surface area contributed by atoms with Crippen LogP contribution in [0.5, 0.6) is 0 Å². The lowest BCUT2D eigenvalue weighted by atomic mass is 9.94. The van der Waals surface area contributed by atoms with Gasteiger partial charge in [-0.25, -0.2) is 0 Å². The summed E-state index contributed by atoms with van der Waals surface area (Å²) in [6.07, 6.45) is 2.94. The number of rotatable bonds is 3. The van der Waals surface area contributed by atoms with E-state index in [1.54, 1.807) is 13.8 Å². The Morgan fingerprint density at radius 2 is 1.86 bits per heavy atom. The molecule has 0 bridgehead atoms. The van der Waals surface area contributed by atoms with E-state index in [0.717, 1.165) is 4.90 Å². The maximum atomic E-state index is 11.3. The lowest BCUT2D eigenvalue weighted by molar-refractivity contribution is -0.145. The Labute approximate surface area is 83.2 Å². The normalized spacial score (nSPS) is 22.7. The van der Waals surface area contributed by atoms with Gasteiger partial charge in [-0.05, 0) is 20.3 Å². The van der Waals surface area contributed by atoms with Crippen LogP contribution in [0.3, 0.4) is 0 Å². The van der Waals surface area contributed by atoms with E-state index < -0.39 is 11.6 Å². The SMILES string of the molecule is CCC(C)(O)C(C)N1C(=O)C=CC1=O. The summed E-state index contributed by atoms with van der Waals surface area (Å²) in [5, 5.41) is 9.91. The lowest BCUT2D eigenvalue weighted by Gasteiger charge is -2.34. The van der Waals surface area contributed by atoms with Gasteiger partial charge in [0.2, 0.25) is 0 Å². The van der Waals surface area contributed by atoms with Gasteiger partial charge in [-0.3, -0.25) is 14.5 Å². The van der Waals surface area contributed by atoms with Crippen molar-refractivity contribution in [3.05, 3.63) is 12.2 Å². The summed E-state index contributed by atoms with van der Waals surface area (Å²) in [4.78, 5) is 23.7. The van der Waals surface area contributed by atoms with Gasteiger partial charge in [0.15, 0.2) is 0 Å². The van der Waals surface area contributed by atoms with Crippen LogP contribution in [0.4, 0.5) is 0 Å². The van der Waals surface area contributed by atoms with E-state index in [0.29, 0.717) is 6.42 Å². The highest BCUT2D eigenvalue weighted by molar-refractivity contribution is 6.13. The van der Waals surface area contributed by atoms with Gasteiger partial charge in [0.25, 0.3) is 11.8 Å². The molecule has 0 aromatic carbocycles. The third-order valence-electron chi connectivity index (χ3n) is 2.85. The van der Waals surface area contributed by atoms with Crippen molar-refractivity contribution in [2.75, 3.05) is 0 Å². The van der Waals surface area contributed by atoms with E-state index in [9.17, 15) is 14.7 Å². The van der Waals surface area contributed by atoms with E-state index in [1.165, 1.54) is 12.2 Å². The molecule has 2 atom stereocenters. The third kappa shape index (κ3) is 1.70. The summed E-state index contributed by atoms with van der Waals surface area (Å²) >= 11 is 0. The molecule has 78 valence electrons. The molecular formula is C10H15NO3. The largest absolute Gasteiger partial charge is 0.388 e. The summed E-state index contributed by atoms with van der Waals surface area (Å²) in [5.74, 6) is -0.701. The zero-order valence-corrected chi connectivity index (χ0v) is 8.65. The summed E-state index contributed by atoms with van der Waals surface area (Å²) in [5.41, 5.74) is -1.03. The monoisotopic (exact) mass is 197 g/mol. The van der Waals surface area contributed by atoms with Gasteiger partial charge in [0.05, 0.1) is 11.6 Å². The maximum absolute atomic E-state index is 11.3. The number of nitrogens with zero attached hydrogens (tertiary/aromatic N) is 1. The number of imide groups is 1. The standard InChI is InChI=1S/C10H15NO3/c1-4-10(3,14)7(2)11-8(12)5-6-9(11)13/h5-7,14H,4H2,1-3H3. The first-order valence-electron chi connectivity index (χ1n) is 4.67. The number of hydrogen-bond acceptors (Lipinski definition) is 3. The average molecular weight is 197 g/mol. The fraction of sp³-hybridized carbons (Fsp3) is 0.600.